The van der Waals surface area contributed by atoms with Crippen LogP contribution < -0.4 is 10.6 Å². The first-order valence-corrected chi connectivity index (χ1v) is 7.04. The van der Waals surface area contributed by atoms with E-state index >= 15 is 0 Å². The molecule has 0 saturated carbocycles. The zero-order chi connectivity index (χ0) is 17.4. The van der Waals surface area contributed by atoms with Gasteiger partial charge in [0, 0.05) is 12.8 Å². The standard InChI is InChI=1S/C16H19N3O4/c1-10(9-17)8-14(16(22)23-3)19-15(21)12-6-4-5-7-13(12)18-11(2)20/h4-7,10,14H,8H2,1-3H3,(H,18,20)(H,19,21)/t10-,14+/m1/s1. The molecule has 2 N–H and O–H groups in total. The van der Waals surface area contributed by atoms with Gasteiger partial charge < -0.3 is 15.4 Å². The van der Waals surface area contributed by atoms with Crippen molar-refractivity contribution in [3.8, 4) is 6.07 Å². The predicted molar refractivity (Wildman–Crippen MR) is 83.4 cm³/mol. The first kappa shape index (κ1) is 18.2. The molecule has 23 heavy (non-hydrogen) atoms. The van der Waals surface area contributed by atoms with Crippen LogP contribution in [0.3, 0.4) is 0 Å². The third-order valence-electron chi connectivity index (χ3n) is 3.08. The number of amides is 2. The lowest BCUT2D eigenvalue weighted by Gasteiger charge is -2.18. The number of benzene rings is 1. The van der Waals surface area contributed by atoms with E-state index in [2.05, 4.69) is 15.4 Å². The van der Waals surface area contributed by atoms with Crippen LogP contribution in [0.1, 0.15) is 30.6 Å². The van der Waals surface area contributed by atoms with Gasteiger partial charge in [0.15, 0.2) is 0 Å². The van der Waals surface area contributed by atoms with Gasteiger partial charge in [-0.15, -0.1) is 0 Å². The summed E-state index contributed by atoms with van der Waals surface area (Å²) in [6.07, 6.45) is 0.136. The van der Waals surface area contributed by atoms with Crippen LogP contribution in [0.15, 0.2) is 24.3 Å². The van der Waals surface area contributed by atoms with Gasteiger partial charge in [0.1, 0.15) is 6.04 Å². The lowest BCUT2D eigenvalue weighted by Crippen LogP contribution is -2.42. The van der Waals surface area contributed by atoms with Crippen LogP contribution in [-0.4, -0.2) is 30.9 Å². The lowest BCUT2D eigenvalue weighted by molar-refractivity contribution is -0.143. The van der Waals surface area contributed by atoms with E-state index in [4.69, 9.17) is 5.26 Å². The molecule has 0 unspecified atom stereocenters. The molecule has 7 heteroatoms. The number of hydrogen-bond donors (Lipinski definition) is 2. The molecule has 0 aliphatic heterocycles. The molecule has 2 atom stereocenters. The fraction of sp³-hybridized carbons (Fsp3) is 0.375. The van der Waals surface area contributed by atoms with Gasteiger partial charge in [0.25, 0.3) is 5.91 Å². The number of methoxy groups -OCH3 is 1. The first-order chi connectivity index (χ1) is 10.9. The number of nitriles is 1. The summed E-state index contributed by atoms with van der Waals surface area (Å²) in [5.41, 5.74) is 0.565. The average Bonchev–Trinajstić information content (AvgIpc) is 2.53. The number of para-hydroxylation sites is 1. The molecule has 122 valence electrons. The van der Waals surface area contributed by atoms with Crippen molar-refractivity contribution in [1.29, 1.82) is 5.26 Å². The van der Waals surface area contributed by atoms with Crippen molar-refractivity contribution in [2.45, 2.75) is 26.3 Å². The molecule has 1 aromatic rings. The Morgan fingerprint density at radius 1 is 1.30 bits per heavy atom. The monoisotopic (exact) mass is 317 g/mol. The molecule has 0 heterocycles. The Hall–Kier alpha value is -2.88. The minimum Gasteiger partial charge on any atom is -0.467 e. The van der Waals surface area contributed by atoms with E-state index in [0.717, 1.165) is 0 Å². The van der Waals surface area contributed by atoms with Crippen LogP contribution in [-0.2, 0) is 14.3 Å². The Morgan fingerprint density at radius 3 is 2.52 bits per heavy atom. The Bertz CT molecular complexity index is 636. The fourth-order valence-corrected chi connectivity index (χ4v) is 1.98. The Labute approximate surface area is 134 Å². The first-order valence-electron chi connectivity index (χ1n) is 7.04. The van der Waals surface area contributed by atoms with Gasteiger partial charge in [-0.3, -0.25) is 9.59 Å². The zero-order valence-corrected chi connectivity index (χ0v) is 13.3. The second-order valence-corrected chi connectivity index (χ2v) is 5.04. The van der Waals surface area contributed by atoms with Crippen molar-refractivity contribution in [1.82, 2.24) is 5.32 Å². The highest BCUT2D eigenvalue weighted by Crippen LogP contribution is 2.16. The van der Waals surface area contributed by atoms with Crippen molar-refractivity contribution in [2.75, 3.05) is 12.4 Å². The third kappa shape index (κ3) is 5.43. The Morgan fingerprint density at radius 2 is 1.96 bits per heavy atom. The molecule has 0 bridgehead atoms. The molecule has 0 aromatic heterocycles. The predicted octanol–water partition coefficient (Wildman–Crippen LogP) is 1.47. The molecular weight excluding hydrogens is 298 g/mol. The molecule has 0 aliphatic carbocycles. The maximum atomic E-state index is 12.4. The summed E-state index contributed by atoms with van der Waals surface area (Å²) in [6.45, 7) is 2.98. The number of esters is 1. The summed E-state index contributed by atoms with van der Waals surface area (Å²) in [7, 11) is 1.21. The van der Waals surface area contributed by atoms with Crippen LogP contribution in [0.5, 0.6) is 0 Å². The maximum Gasteiger partial charge on any atom is 0.328 e. The number of carbonyl (C=O) groups is 3. The van der Waals surface area contributed by atoms with Gasteiger partial charge in [-0.05, 0) is 25.5 Å². The highest BCUT2D eigenvalue weighted by atomic mass is 16.5. The number of nitrogens with one attached hydrogen (secondary N) is 2. The Kier molecular flexibility index (Phi) is 6.74. The number of hydrogen-bond acceptors (Lipinski definition) is 5. The van der Waals surface area contributed by atoms with Crippen LogP contribution in [0.2, 0.25) is 0 Å². The van der Waals surface area contributed by atoms with E-state index < -0.39 is 23.8 Å². The summed E-state index contributed by atoms with van der Waals surface area (Å²) in [5, 5.41) is 14.0. The van der Waals surface area contributed by atoms with E-state index in [1.807, 2.05) is 6.07 Å². The Balaban J connectivity index is 2.97. The van der Waals surface area contributed by atoms with Crippen molar-refractivity contribution < 1.29 is 19.1 Å². The highest BCUT2D eigenvalue weighted by Gasteiger charge is 2.25. The molecular formula is C16H19N3O4. The number of nitrogens with zero attached hydrogens (tertiary/aromatic N) is 1. The van der Waals surface area contributed by atoms with Crippen LogP contribution in [0.4, 0.5) is 5.69 Å². The van der Waals surface area contributed by atoms with Crippen LogP contribution >= 0.6 is 0 Å². The minimum absolute atomic E-state index is 0.136. The summed E-state index contributed by atoms with van der Waals surface area (Å²) >= 11 is 0. The normalized spacial score (nSPS) is 12.4. The van der Waals surface area contributed by atoms with Crippen LogP contribution in [0, 0.1) is 17.2 Å². The average molecular weight is 317 g/mol. The number of ether oxygens (including phenoxy) is 1. The summed E-state index contributed by atoms with van der Waals surface area (Å²) in [5.74, 6) is -1.90. The molecule has 0 aliphatic rings. The highest BCUT2D eigenvalue weighted by molar-refractivity contribution is 6.04. The molecule has 0 saturated heterocycles. The van der Waals surface area contributed by atoms with E-state index in [-0.39, 0.29) is 17.9 Å². The third-order valence-corrected chi connectivity index (χ3v) is 3.08. The van der Waals surface area contributed by atoms with E-state index in [9.17, 15) is 14.4 Å². The molecule has 0 spiro atoms. The lowest BCUT2D eigenvalue weighted by atomic mass is 10.0. The van der Waals surface area contributed by atoms with Gasteiger partial charge in [-0.2, -0.15) is 5.26 Å². The SMILES string of the molecule is COC(=O)[C@H](C[C@@H](C)C#N)NC(=O)c1ccccc1NC(C)=O. The van der Waals surface area contributed by atoms with Crippen molar-refractivity contribution in [2.24, 2.45) is 5.92 Å². The van der Waals surface area contributed by atoms with Gasteiger partial charge >= 0.3 is 5.97 Å². The van der Waals surface area contributed by atoms with E-state index in [0.29, 0.717) is 5.69 Å². The molecule has 0 radical (unpaired) electrons. The number of anilines is 1. The summed E-state index contributed by atoms with van der Waals surface area (Å²) in [4.78, 5) is 35.4. The van der Waals surface area contributed by atoms with Crippen molar-refractivity contribution in [3.05, 3.63) is 29.8 Å². The maximum absolute atomic E-state index is 12.4. The molecule has 0 fully saturated rings. The topological polar surface area (TPSA) is 108 Å². The quantitative estimate of drug-likeness (QED) is 0.772. The molecule has 1 aromatic carbocycles. The van der Waals surface area contributed by atoms with Crippen LogP contribution in [0.25, 0.3) is 0 Å². The fourth-order valence-electron chi connectivity index (χ4n) is 1.98. The summed E-state index contributed by atoms with van der Waals surface area (Å²) < 4.78 is 4.66. The summed E-state index contributed by atoms with van der Waals surface area (Å²) in [6, 6.07) is 7.51. The number of rotatable bonds is 6. The van der Waals surface area contributed by atoms with Gasteiger partial charge in [-0.1, -0.05) is 12.1 Å². The molecule has 1 rings (SSSR count). The van der Waals surface area contributed by atoms with Gasteiger partial charge in [0.2, 0.25) is 5.91 Å². The second-order valence-electron chi connectivity index (χ2n) is 5.04. The second kappa shape index (κ2) is 8.54. The van der Waals surface area contributed by atoms with E-state index in [1.165, 1.54) is 20.1 Å². The zero-order valence-electron chi connectivity index (χ0n) is 13.3. The van der Waals surface area contributed by atoms with Crippen molar-refractivity contribution >= 4 is 23.5 Å². The molecule has 7 nitrogen and oxygen atoms in total. The smallest absolute Gasteiger partial charge is 0.328 e. The molecule has 2 amide bonds. The largest absolute Gasteiger partial charge is 0.467 e. The van der Waals surface area contributed by atoms with E-state index in [1.54, 1.807) is 25.1 Å². The van der Waals surface area contributed by atoms with Gasteiger partial charge in [0.05, 0.1) is 24.4 Å². The van der Waals surface area contributed by atoms with Gasteiger partial charge in [-0.25, -0.2) is 4.79 Å². The van der Waals surface area contributed by atoms with Crippen molar-refractivity contribution in [3.63, 3.8) is 0 Å². The minimum atomic E-state index is -0.937. The number of carbonyl (C=O) groups excluding carboxylic acids is 3.